The number of anilines is 2. The number of nitrogens with zero attached hydrogens (tertiary/aromatic N) is 2. The summed E-state index contributed by atoms with van der Waals surface area (Å²) in [7, 11) is 0. The first kappa shape index (κ1) is 21.8. The van der Waals surface area contributed by atoms with Gasteiger partial charge in [0, 0.05) is 35.5 Å². The molecule has 0 saturated carbocycles. The Bertz CT molecular complexity index is 892. The van der Waals surface area contributed by atoms with E-state index in [1.165, 1.54) is 0 Å². The predicted octanol–water partition coefficient (Wildman–Crippen LogP) is 4.81. The van der Waals surface area contributed by atoms with Gasteiger partial charge < -0.3 is 15.4 Å². The van der Waals surface area contributed by atoms with E-state index in [0.717, 1.165) is 19.0 Å². The predicted molar refractivity (Wildman–Crippen MR) is 105 cm³/mol. The van der Waals surface area contributed by atoms with Crippen LogP contribution in [0.4, 0.5) is 24.8 Å². The molecule has 1 saturated heterocycles. The number of alkyl halides is 3. The molecule has 1 aromatic carbocycles. The maximum Gasteiger partial charge on any atom is 0.434 e. The van der Waals surface area contributed by atoms with Crippen molar-refractivity contribution in [1.82, 2.24) is 15.3 Å². The van der Waals surface area contributed by atoms with Crippen molar-refractivity contribution < 1.29 is 22.7 Å². The Kier molecular flexibility index (Phi) is 6.97. The van der Waals surface area contributed by atoms with E-state index in [1.807, 2.05) is 0 Å². The standard InChI is InChI=1S/C18H17BrClF3N4O2/c19-13-7-11(20)1-2-14(13)26-17-25-9-12(15(27-17)18(21,22)23)16(28)24-8-10-3-5-29-6-4-10/h1-2,7,9-10H,3-6,8H2,(H,24,28)(H,25,26,27). The molecule has 0 unspecified atom stereocenters. The minimum Gasteiger partial charge on any atom is -0.381 e. The molecule has 1 aliphatic rings. The number of ether oxygens (including phenoxy) is 1. The maximum absolute atomic E-state index is 13.5. The number of hydrogen-bond acceptors (Lipinski definition) is 5. The van der Waals surface area contributed by atoms with Gasteiger partial charge in [-0.25, -0.2) is 9.97 Å². The molecule has 156 valence electrons. The van der Waals surface area contributed by atoms with Crippen LogP contribution in [0.15, 0.2) is 28.9 Å². The smallest absolute Gasteiger partial charge is 0.381 e. The van der Waals surface area contributed by atoms with Crippen molar-refractivity contribution in [2.24, 2.45) is 5.92 Å². The number of aromatic nitrogens is 2. The number of rotatable bonds is 5. The van der Waals surface area contributed by atoms with Crippen molar-refractivity contribution in [1.29, 1.82) is 0 Å². The topological polar surface area (TPSA) is 76.1 Å². The van der Waals surface area contributed by atoms with Crippen LogP contribution in [0.3, 0.4) is 0 Å². The van der Waals surface area contributed by atoms with Crippen molar-refractivity contribution in [3.8, 4) is 0 Å². The van der Waals surface area contributed by atoms with Crippen LogP contribution >= 0.6 is 27.5 Å². The Morgan fingerprint density at radius 3 is 2.69 bits per heavy atom. The fourth-order valence-corrected chi connectivity index (χ4v) is 3.60. The van der Waals surface area contributed by atoms with Crippen LogP contribution in [0.5, 0.6) is 0 Å². The number of amides is 1. The Hall–Kier alpha value is -1.91. The minimum absolute atomic E-state index is 0.172. The Morgan fingerprint density at radius 2 is 2.03 bits per heavy atom. The second-order valence-corrected chi connectivity index (χ2v) is 7.76. The molecule has 0 aliphatic carbocycles. The van der Waals surface area contributed by atoms with E-state index in [4.69, 9.17) is 16.3 Å². The van der Waals surface area contributed by atoms with Gasteiger partial charge in [0.15, 0.2) is 5.69 Å². The van der Waals surface area contributed by atoms with Crippen LogP contribution < -0.4 is 10.6 Å². The normalized spacial score (nSPS) is 15.2. The van der Waals surface area contributed by atoms with Gasteiger partial charge >= 0.3 is 6.18 Å². The molecule has 0 radical (unpaired) electrons. The Balaban J connectivity index is 1.79. The first-order valence-corrected chi connectivity index (χ1v) is 9.93. The molecule has 29 heavy (non-hydrogen) atoms. The highest BCUT2D eigenvalue weighted by molar-refractivity contribution is 9.10. The number of carbonyl (C=O) groups is 1. The van der Waals surface area contributed by atoms with Gasteiger partial charge in [0.1, 0.15) is 0 Å². The second kappa shape index (κ2) is 9.27. The Labute approximate surface area is 178 Å². The molecule has 0 atom stereocenters. The van der Waals surface area contributed by atoms with E-state index < -0.39 is 23.3 Å². The zero-order valence-corrected chi connectivity index (χ0v) is 17.4. The number of hydrogen-bond donors (Lipinski definition) is 2. The van der Waals surface area contributed by atoms with Gasteiger partial charge in [-0.2, -0.15) is 13.2 Å². The van der Waals surface area contributed by atoms with Gasteiger partial charge in [-0.15, -0.1) is 0 Å². The molecule has 1 aromatic heterocycles. The number of nitrogens with one attached hydrogen (secondary N) is 2. The third kappa shape index (κ3) is 5.80. The van der Waals surface area contributed by atoms with E-state index >= 15 is 0 Å². The molecular weight excluding hydrogens is 477 g/mol. The zero-order valence-electron chi connectivity index (χ0n) is 15.0. The van der Waals surface area contributed by atoms with E-state index in [-0.39, 0.29) is 18.4 Å². The fraction of sp³-hybridized carbons (Fsp3) is 0.389. The summed E-state index contributed by atoms with van der Waals surface area (Å²) < 4.78 is 46.3. The summed E-state index contributed by atoms with van der Waals surface area (Å²) in [5.41, 5.74) is -1.49. The molecule has 1 fully saturated rings. The molecule has 0 spiro atoms. The van der Waals surface area contributed by atoms with Crippen LogP contribution in [0, 0.1) is 5.92 Å². The van der Waals surface area contributed by atoms with Crippen LogP contribution in [-0.2, 0) is 10.9 Å². The van der Waals surface area contributed by atoms with Gasteiger partial charge in [-0.3, -0.25) is 4.79 Å². The van der Waals surface area contributed by atoms with Gasteiger partial charge in [0.2, 0.25) is 5.95 Å². The lowest BCUT2D eigenvalue weighted by Gasteiger charge is -2.22. The van der Waals surface area contributed by atoms with Gasteiger partial charge in [-0.1, -0.05) is 11.6 Å². The lowest BCUT2D eigenvalue weighted by atomic mass is 10.0. The number of halogens is 5. The number of carbonyl (C=O) groups excluding carboxylic acids is 1. The average Bonchev–Trinajstić information content (AvgIpc) is 2.68. The third-order valence-electron chi connectivity index (χ3n) is 4.37. The first-order valence-electron chi connectivity index (χ1n) is 8.76. The SMILES string of the molecule is O=C(NCC1CCOCC1)c1cnc(Nc2ccc(Cl)cc2Br)nc1C(F)(F)F. The van der Waals surface area contributed by atoms with Crippen molar-refractivity contribution in [3.63, 3.8) is 0 Å². The van der Waals surface area contributed by atoms with Gasteiger partial charge in [0.05, 0.1) is 11.3 Å². The second-order valence-electron chi connectivity index (χ2n) is 6.47. The summed E-state index contributed by atoms with van der Waals surface area (Å²) in [5.74, 6) is -0.976. The summed E-state index contributed by atoms with van der Waals surface area (Å²) >= 11 is 9.12. The number of benzene rings is 1. The minimum atomic E-state index is -4.82. The zero-order chi connectivity index (χ0) is 21.0. The Morgan fingerprint density at radius 1 is 1.31 bits per heavy atom. The van der Waals surface area contributed by atoms with Gasteiger partial charge in [-0.05, 0) is 52.9 Å². The molecule has 1 amide bonds. The lowest BCUT2D eigenvalue weighted by Crippen LogP contribution is -2.33. The summed E-state index contributed by atoms with van der Waals surface area (Å²) in [5, 5.41) is 5.69. The van der Waals surface area contributed by atoms with Crippen LogP contribution in [0.1, 0.15) is 28.9 Å². The first-order chi connectivity index (χ1) is 13.7. The van der Waals surface area contributed by atoms with Crippen molar-refractivity contribution in [2.75, 3.05) is 25.1 Å². The molecular formula is C18H17BrClF3N4O2. The highest BCUT2D eigenvalue weighted by atomic mass is 79.9. The molecule has 2 heterocycles. The molecule has 0 bridgehead atoms. The van der Waals surface area contributed by atoms with Crippen molar-refractivity contribution >= 4 is 45.1 Å². The molecule has 6 nitrogen and oxygen atoms in total. The highest BCUT2D eigenvalue weighted by Gasteiger charge is 2.38. The summed E-state index contributed by atoms with van der Waals surface area (Å²) in [6, 6.07) is 4.71. The lowest BCUT2D eigenvalue weighted by molar-refractivity contribution is -0.141. The third-order valence-corrected chi connectivity index (χ3v) is 5.26. The highest BCUT2D eigenvalue weighted by Crippen LogP contribution is 2.32. The molecule has 1 aliphatic heterocycles. The molecule has 3 rings (SSSR count). The monoisotopic (exact) mass is 492 g/mol. The van der Waals surface area contributed by atoms with E-state index in [2.05, 4.69) is 36.5 Å². The van der Waals surface area contributed by atoms with E-state index in [0.29, 0.717) is 28.4 Å². The van der Waals surface area contributed by atoms with E-state index in [9.17, 15) is 18.0 Å². The van der Waals surface area contributed by atoms with Crippen molar-refractivity contribution in [2.45, 2.75) is 19.0 Å². The summed E-state index contributed by atoms with van der Waals surface area (Å²) in [4.78, 5) is 19.8. The maximum atomic E-state index is 13.5. The molecule has 11 heteroatoms. The van der Waals surface area contributed by atoms with Crippen molar-refractivity contribution in [3.05, 3.63) is 45.1 Å². The van der Waals surface area contributed by atoms with E-state index in [1.54, 1.807) is 18.2 Å². The largest absolute Gasteiger partial charge is 0.434 e. The molecule has 2 N–H and O–H groups in total. The quantitative estimate of drug-likeness (QED) is 0.625. The van der Waals surface area contributed by atoms with Crippen LogP contribution in [0.25, 0.3) is 0 Å². The average molecular weight is 494 g/mol. The summed E-state index contributed by atoms with van der Waals surface area (Å²) in [6.45, 7) is 1.44. The molecule has 2 aromatic rings. The van der Waals surface area contributed by atoms with Crippen LogP contribution in [-0.4, -0.2) is 35.6 Å². The van der Waals surface area contributed by atoms with Crippen LogP contribution in [0.2, 0.25) is 5.02 Å². The summed E-state index contributed by atoms with van der Waals surface area (Å²) in [6.07, 6.45) is -2.44. The fourth-order valence-electron chi connectivity index (χ4n) is 2.82. The van der Waals surface area contributed by atoms with Gasteiger partial charge in [0.25, 0.3) is 5.91 Å².